The standard InChI is InChI=1S/C27H24N4O3/c1-19(32)28-24-15-14-23(34-2)17-25(24)29-26(33)16-13-21-18-31(22-11-7-4-8-12-22)30-27(21)20-9-5-3-6-10-20/h3-18H,1-2H3,(H,28,32)(H,29,33)/b16-13+. The topological polar surface area (TPSA) is 85.3 Å². The van der Waals surface area contributed by atoms with Crippen LogP contribution in [0.15, 0.2) is 91.1 Å². The van der Waals surface area contributed by atoms with Crippen molar-refractivity contribution in [2.45, 2.75) is 6.92 Å². The second kappa shape index (κ2) is 10.3. The lowest BCUT2D eigenvalue weighted by atomic mass is 10.1. The van der Waals surface area contributed by atoms with Gasteiger partial charge in [-0.3, -0.25) is 9.59 Å². The van der Waals surface area contributed by atoms with E-state index in [4.69, 9.17) is 9.84 Å². The number of ether oxygens (including phenoxy) is 1. The number of carbonyl (C=O) groups excluding carboxylic acids is 2. The molecule has 2 amide bonds. The number of hydrogen-bond donors (Lipinski definition) is 2. The van der Waals surface area contributed by atoms with Gasteiger partial charge in [0.15, 0.2) is 0 Å². The predicted molar refractivity (Wildman–Crippen MR) is 134 cm³/mol. The van der Waals surface area contributed by atoms with Crippen LogP contribution in [0, 0.1) is 0 Å². The van der Waals surface area contributed by atoms with Crippen LogP contribution in [-0.2, 0) is 9.59 Å². The lowest BCUT2D eigenvalue weighted by Crippen LogP contribution is -2.13. The van der Waals surface area contributed by atoms with Crippen molar-refractivity contribution in [1.29, 1.82) is 0 Å². The normalized spacial score (nSPS) is 10.8. The Morgan fingerprint density at radius 1 is 0.912 bits per heavy atom. The molecule has 34 heavy (non-hydrogen) atoms. The van der Waals surface area contributed by atoms with Crippen LogP contribution in [0.1, 0.15) is 12.5 Å². The SMILES string of the molecule is COc1ccc(NC(C)=O)c(NC(=O)/C=C/c2cn(-c3ccccc3)nc2-c2ccccc2)c1. The molecule has 2 N–H and O–H groups in total. The summed E-state index contributed by atoms with van der Waals surface area (Å²) in [4.78, 5) is 24.3. The van der Waals surface area contributed by atoms with E-state index in [9.17, 15) is 9.59 Å². The predicted octanol–water partition coefficient (Wildman–Crippen LogP) is 5.16. The second-order valence-corrected chi connectivity index (χ2v) is 7.49. The Balaban J connectivity index is 1.63. The van der Waals surface area contributed by atoms with Crippen LogP contribution in [-0.4, -0.2) is 28.7 Å². The Kier molecular flexibility index (Phi) is 6.84. The van der Waals surface area contributed by atoms with Gasteiger partial charge in [0.2, 0.25) is 11.8 Å². The molecule has 0 aliphatic carbocycles. The molecule has 1 heterocycles. The number of hydrogen-bond acceptors (Lipinski definition) is 4. The van der Waals surface area contributed by atoms with Crippen molar-refractivity contribution in [3.05, 3.63) is 96.7 Å². The van der Waals surface area contributed by atoms with Gasteiger partial charge in [0.1, 0.15) is 5.75 Å². The van der Waals surface area contributed by atoms with Gasteiger partial charge in [-0.15, -0.1) is 0 Å². The minimum Gasteiger partial charge on any atom is -0.497 e. The molecule has 170 valence electrons. The van der Waals surface area contributed by atoms with Crippen molar-refractivity contribution >= 4 is 29.3 Å². The fourth-order valence-corrected chi connectivity index (χ4v) is 3.43. The Morgan fingerprint density at radius 3 is 2.29 bits per heavy atom. The molecule has 0 bridgehead atoms. The van der Waals surface area contributed by atoms with E-state index in [1.807, 2.05) is 66.9 Å². The Labute approximate surface area is 197 Å². The summed E-state index contributed by atoms with van der Waals surface area (Å²) < 4.78 is 7.03. The maximum absolute atomic E-state index is 12.8. The minimum atomic E-state index is -0.355. The van der Waals surface area contributed by atoms with E-state index >= 15 is 0 Å². The van der Waals surface area contributed by atoms with Crippen LogP contribution in [0.4, 0.5) is 11.4 Å². The zero-order valence-electron chi connectivity index (χ0n) is 18.9. The summed E-state index contributed by atoms with van der Waals surface area (Å²) in [6, 6.07) is 24.6. The first-order valence-electron chi connectivity index (χ1n) is 10.7. The highest BCUT2D eigenvalue weighted by atomic mass is 16.5. The highest BCUT2D eigenvalue weighted by Crippen LogP contribution is 2.28. The summed E-state index contributed by atoms with van der Waals surface area (Å²) in [5.41, 5.74) is 4.33. The van der Waals surface area contributed by atoms with Crippen LogP contribution in [0.25, 0.3) is 23.0 Å². The summed E-state index contributed by atoms with van der Waals surface area (Å²) >= 11 is 0. The van der Waals surface area contributed by atoms with Crippen LogP contribution in [0.5, 0.6) is 5.75 Å². The molecule has 0 fully saturated rings. The molecule has 7 heteroatoms. The van der Waals surface area contributed by atoms with Gasteiger partial charge in [0.05, 0.1) is 29.9 Å². The monoisotopic (exact) mass is 452 g/mol. The number of aromatic nitrogens is 2. The molecule has 0 saturated heterocycles. The average molecular weight is 453 g/mol. The van der Waals surface area contributed by atoms with Crippen molar-refractivity contribution in [3.8, 4) is 22.7 Å². The molecule has 0 aliphatic rings. The maximum Gasteiger partial charge on any atom is 0.248 e. The smallest absolute Gasteiger partial charge is 0.248 e. The number of nitrogens with zero attached hydrogens (tertiary/aromatic N) is 2. The number of nitrogens with one attached hydrogen (secondary N) is 2. The maximum atomic E-state index is 12.8. The van der Waals surface area contributed by atoms with Gasteiger partial charge < -0.3 is 15.4 Å². The quantitative estimate of drug-likeness (QED) is 0.380. The van der Waals surface area contributed by atoms with Crippen molar-refractivity contribution in [2.75, 3.05) is 17.7 Å². The highest BCUT2D eigenvalue weighted by Gasteiger charge is 2.12. The van der Waals surface area contributed by atoms with Gasteiger partial charge in [-0.2, -0.15) is 5.10 Å². The van der Waals surface area contributed by atoms with Gasteiger partial charge in [-0.1, -0.05) is 48.5 Å². The molecular formula is C27H24N4O3. The van der Waals surface area contributed by atoms with Gasteiger partial charge in [-0.25, -0.2) is 4.68 Å². The Morgan fingerprint density at radius 2 is 1.62 bits per heavy atom. The molecule has 0 unspecified atom stereocenters. The molecule has 4 rings (SSSR count). The first-order valence-corrected chi connectivity index (χ1v) is 10.7. The molecular weight excluding hydrogens is 428 g/mol. The molecule has 4 aromatic rings. The molecule has 0 atom stereocenters. The van der Waals surface area contributed by atoms with E-state index in [1.54, 1.807) is 29.0 Å². The molecule has 0 saturated carbocycles. The van der Waals surface area contributed by atoms with E-state index in [0.29, 0.717) is 17.1 Å². The third-order valence-corrected chi connectivity index (χ3v) is 5.02. The lowest BCUT2D eigenvalue weighted by Gasteiger charge is -2.12. The van der Waals surface area contributed by atoms with Crippen molar-refractivity contribution in [1.82, 2.24) is 9.78 Å². The fourth-order valence-electron chi connectivity index (χ4n) is 3.43. The van der Waals surface area contributed by atoms with Crippen LogP contribution < -0.4 is 15.4 Å². The largest absolute Gasteiger partial charge is 0.497 e. The molecule has 7 nitrogen and oxygen atoms in total. The Bertz CT molecular complexity index is 1330. The minimum absolute atomic E-state index is 0.239. The average Bonchev–Trinajstić information content (AvgIpc) is 3.29. The Hall–Kier alpha value is -4.65. The van der Waals surface area contributed by atoms with Crippen molar-refractivity contribution in [3.63, 3.8) is 0 Å². The van der Waals surface area contributed by atoms with Gasteiger partial charge in [0.25, 0.3) is 0 Å². The summed E-state index contributed by atoms with van der Waals surface area (Å²) in [7, 11) is 1.54. The summed E-state index contributed by atoms with van der Waals surface area (Å²) in [5, 5.41) is 10.3. The number of anilines is 2. The number of amides is 2. The summed E-state index contributed by atoms with van der Waals surface area (Å²) in [5.74, 6) is -0.0350. The van der Waals surface area contributed by atoms with Gasteiger partial charge in [0, 0.05) is 36.4 Å². The highest BCUT2D eigenvalue weighted by molar-refractivity contribution is 6.05. The van der Waals surface area contributed by atoms with Crippen LogP contribution >= 0.6 is 0 Å². The zero-order valence-corrected chi connectivity index (χ0v) is 18.9. The van der Waals surface area contributed by atoms with Gasteiger partial charge >= 0.3 is 0 Å². The number of methoxy groups -OCH3 is 1. The molecule has 0 radical (unpaired) electrons. The second-order valence-electron chi connectivity index (χ2n) is 7.49. The zero-order chi connectivity index (χ0) is 23.9. The summed E-state index contributed by atoms with van der Waals surface area (Å²) in [6.45, 7) is 1.41. The molecule has 3 aromatic carbocycles. The van der Waals surface area contributed by atoms with E-state index in [2.05, 4.69) is 10.6 Å². The van der Waals surface area contributed by atoms with Gasteiger partial charge in [-0.05, 0) is 30.3 Å². The molecule has 0 aliphatic heterocycles. The van der Waals surface area contributed by atoms with Crippen LogP contribution in [0.2, 0.25) is 0 Å². The van der Waals surface area contributed by atoms with Crippen LogP contribution in [0.3, 0.4) is 0 Å². The first-order chi connectivity index (χ1) is 16.5. The van der Waals surface area contributed by atoms with E-state index in [1.165, 1.54) is 20.1 Å². The number of carbonyl (C=O) groups is 2. The molecule has 0 spiro atoms. The van der Waals surface area contributed by atoms with E-state index < -0.39 is 0 Å². The number of rotatable bonds is 7. The fraction of sp³-hybridized carbons (Fsp3) is 0.0741. The number of benzene rings is 3. The van der Waals surface area contributed by atoms with Crippen molar-refractivity contribution in [2.24, 2.45) is 0 Å². The van der Waals surface area contributed by atoms with Crippen molar-refractivity contribution < 1.29 is 14.3 Å². The lowest BCUT2D eigenvalue weighted by molar-refractivity contribution is -0.114. The van der Waals surface area contributed by atoms with E-state index in [0.717, 1.165) is 22.5 Å². The summed E-state index contributed by atoms with van der Waals surface area (Å²) in [6.07, 6.45) is 5.05. The third-order valence-electron chi connectivity index (χ3n) is 5.02. The molecule has 1 aromatic heterocycles. The first kappa shape index (κ1) is 22.5. The van der Waals surface area contributed by atoms with E-state index in [-0.39, 0.29) is 11.8 Å². The third kappa shape index (κ3) is 5.39. The number of para-hydroxylation sites is 1.